The minimum Gasteiger partial charge on any atom is -0.394 e. The van der Waals surface area contributed by atoms with Gasteiger partial charge in [-0.2, -0.15) is 5.10 Å². The molecule has 4 rings (SSSR count). The Morgan fingerprint density at radius 2 is 1.78 bits per heavy atom. The quantitative estimate of drug-likeness (QED) is 0.499. The van der Waals surface area contributed by atoms with Gasteiger partial charge in [0.2, 0.25) is 0 Å². The second kappa shape index (κ2) is 6.86. The van der Waals surface area contributed by atoms with Crippen molar-refractivity contribution in [1.82, 2.24) is 19.7 Å². The van der Waals surface area contributed by atoms with Gasteiger partial charge in [0.15, 0.2) is 5.65 Å². The third kappa shape index (κ3) is 3.15. The number of halogens is 1. The van der Waals surface area contributed by atoms with Gasteiger partial charge in [0, 0.05) is 5.02 Å². The number of rotatable bonds is 4. The molecule has 0 fully saturated rings. The van der Waals surface area contributed by atoms with Crippen molar-refractivity contribution in [3.8, 4) is 5.69 Å². The zero-order valence-electron chi connectivity index (χ0n) is 14.4. The molecular formula is C19H17ClN4O3. The van der Waals surface area contributed by atoms with Gasteiger partial charge >= 0.3 is 0 Å². The monoisotopic (exact) mass is 384 g/mol. The summed E-state index contributed by atoms with van der Waals surface area (Å²) in [5.74, 6) is 0. The summed E-state index contributed by atoms with van der Waals surface area (Å²) in [5, 5.41) is 34.5. The molecule has 2 unspecified atom stereocenters. The molecule has 7 nitrogen and oxygen atoms in total. The van der Waals surface area contributed by atoms with Gasteiger partial charge in [-0.15, -0.1) is 0 Å². The summed E-state index contributed by atoms with van der Waals surface area (Å²) in [6, 6.07) is 12.8. The predicted octanol–water partition coefficient (Wildman–Crippen LogP) is 2.32. The first-order valence-electron chi connectivity index (χ1n) is 8.38. The highest BCUT2D eigenvalue weighted by Crippen LogP contribution is 2.28. The van der Waals surface area contributed by atoms with Crippen LogP contribution in [-0.4, -0.2) is 47.8 Å². The van der Waals surface area contributed by atoms with Crippen LogP contribution in [0.1, 0.15) is 17.4 Å². The van der Waals surface area contributed by atoms with Crippen molar-refractivity contribution < 1.29 is 15.3 Å². The second-order valence-corrected chi connectivity index (χ2v) is 6.79. The predicted molar refractivity (Wildman–Crippen MR) is 102 cm³/mol. The Morgan fingerprint density at radius 3 is 2.48 bits per heavy atom. The third-order valence-electron chi connectivity index (χ3n) is 4.37. The first-order chi connectivity index (χ1) is 13.0. The lowest BCUT2D eigenvalue weighted by molar-refractivity contribution is -0.0168. The van der Waals surface area contributed by atoms with Crippen molar-refractivity contribution in [3.05, 3.63) is 58.7 Å². The van der Waals surface area contributed by atoms with Crippen molar-refractivity contribution >= 4 is 33.8 Å². The number of aliphatic hydroxyl groups is 3. The molecule has 0 aliphatic carbocycles. The Balaban J connectivity index is 2.02. The molecule has 0 amide bonds. The molecule has 0 radical (unpaired) electrons. The van der Waals surface area contributed by atoms with E-state index in [4.69, 9.17) is 11.6 Å². The largest absolute Gasteiger partial charge is 0.394 e. The molecule has 3 N–H and O–H groups in total. The molecule has 0 saturated heterocycles. The van der Waals surface area contributed by atoms with Crippen LogP contribution in [0.25, 0.3) is 27.9 Å². The van der Waals surface area contributed by atoms with Crippen molar-refractivity contribution in [2.24, 2.45) is 0 Å². The van der Waals surface area contributed by atoms with E-state index in [1.807, 2.05) is 31.2 Å². The fourth-order valence-corrected chi connectivity index (χ4v) is 3.05. The summed E-state index contributed by atoms with van der Waals surface area (Å²) in [5.41, 5.74) is 3.93. The van der Waals surface area contributed by atoms with Crippen molar-refractivity contribution in [2.45, 2.75) is 19.1 Å². The summed E-state index contributed by atoms with van der Waals surface area (Å²) in [7, 11) is 0. The summed E-state index contributed by atoms with van der Waals surface area (Å²) < 4.78 is 1.57. The molecule has 27 heavy (non-hydrogen) atoms. The number of fused-ring (bicyclic) bond motifs is 2. The Hall–Kier alpha value is -2.58. The van der Waals surface area contributed by atoms with Gasteiger partial charge < -0.3 is 15.3 Å². The zero-order chi connectivity index (χ0) is 19.1. The van der Waals surface area contributed by atoms with Crippen LogP contribution in [0.2, 0.25) is 5.02 Å². The summed E-state index contributed by atoms with van der Waals surface area (Å²) in [4.78, 5) is 9.19. The topological polar surface area (TPSA) is 104 Å². The average Bonchev–Trinajstić information content (AvgIpc) is 3.04. The van der Waals surface area contributed by atoms with E-state index in [-0.39, 0.29) is 5.69 Å². The Bertz CT molecular complexity index is 1130. The molecular weight excluding hydrogens is 368 g/mol. The molecule has 0 aliphatic rings. The molecule has 2 atom stereocenters. The van der Waals surface area contributed by atoms with E-state index in [2.05, 4.69) is 15.1 Å². The molecule has 0 spiro atoms. The first-order valence-corrected chi connectivity index (χ1v) is 8.75. The van der Waals surface area contributed by atoms with Crippen molar-refractivity contribution in [3.63, 3.8) is 0 Å². The van der Waals surface area contributed by atoms with Crippen LogP contribution in [0.5, 0.6) is 0 Å². The van der Waals surface area contributed by atoms with Crippen molar-refractivity contribution in [1.29, 1.82) is 0 Å². The number of hydrogen-bond donors (Lipinski definition) is 3. The molecule has 2 aromatic carbocycles. The number of aliphatic hydroxyl groups excluding tert-OH is 3. The minimum absolute atomic E-state index is 0.140. The summed E-state index contributed by atoms with van der Waals surface area (Å²) in [6.07, 6.45) is -2.79. The van der Waals surface area contributed by atoms with E-state index in [0.717, 1.165) is 11.3 Å². The fourth-order valence-electron chi connectivity index (χ4n) is 2.89. The lowest BCUT2D eigenvalue weighted by atomic mass is 10.1. The maximum Gasteiger partial charge on any atom is 0.182 e. The maximum atomic E-state index is 10.4. The van der Waals surface area contributed by atoms with Gasteiger partial charge in [-0.25, -0.2) is 14.6 Å². The van der Waals surface area contributed by atoms with Crippen LogP contribution in [0.15, 0.2) is 42.5 Å². The van der Waals surface area contributed by atoms with E-state index in [1.54, 1.807) is 22.9 Å². The van der Waals surface area contributed by atoms with E-state index in [1.165, 1.54) is 0 Å². The van der Waals surface area contributed by atoms with Crippen LogP contribution >= 0.6 is 11.6 Å². The van der Waals surface area contributed by atoms with Gasteiger partial charge in [-0.1, -0.05) is 29.3 Å². The normalized spacial score (nSPS) is 14.0. The van der Waals surface area contributed by atoms with Gasteiger partial charge in [0.25, 0.3) is 0 Å². The SMILES string of the molecule is Cc1ccc(-n2nc(C(O)C(O)CO)c3nc4cc(Cl)ccc4nc32)cc1. The molecule has 0 aliphatic heterocycles. The van der Waals surface area contributed by atoms with Crippen LogP contribution in [0.4, 0.5) is 0 Å². The summed E-state index contributed by atoms with van der Waals surface area (Å²) in [6.45, 7) is 1.38. The molecule has 2 heterocycles. The Kier molecular flexibility index (Phi) is 4.53. The highest BCUT2D eigenvalue weighted by atomic mass is 35.5. The molecule has 2 aromatic heterocycles. The fraction of sp³-hybridized carbons (Fsp3) is 0.211. The van der Waals surface area contributed by atoms with E-state index >= 15 is 0 Å². The number of hydrogen-bond acceptors (Lipinski definition) is 6. The van der Waals surface area contributed by atoms with Crippen molar-refractivity contribution in [2.75, 3.05) is 6.61 Å². The molecule has 0 saturated carbocycles. The van der Waals surface area contributed by atoms with Gasteiger partial charge in [-0.05, 0) is 37.3 Å². The maximum absolute atomic E-state index is 10.4. The molecule has 8 heteroatoms. The van der Waals surface area contributed by atoms with Crippen LogP contribution < -0.4 is 0 Å². The van der Waals surface area contributed by atoms with Gasteiger partial charge in [0.05, 0.1) is 23.3 Å². The van der Waals surface area contributed by atoms with Crippen LogP contribution in [-0.2, 0) is 0 Å². The Morgan fingerprint density at radius 1 is 1.04 bits per heavy atom. The number of aryl methyl sites for hydroxylation is 1. The standard InChI is InChI=1S/C19H17ClN4O3/c1-10-2-5-12(6-3-10)24-19-17(16(23-24)18(27)15(26)9-25)21-14-8-11(20)4-7-13(14)22-19/h2-8,15,18,25-27H,9H2,1H3. The Labute approximate surface area is 159 Å². The van der Waals surface area contributed by atoms with Gasteiger partial charge in [0.1, 0.15) is 23.4 Å². The number of benzene rings is 2. The number of nitrogens with zero attached hydrogens (tertiary/aromatic N) is 4. The minimum atomic E-state index is -1.41. The molecule has 0 bridgehead atoms. The van der Waals surface area contributed by atoms with Crippen LogP contribution in [0, 0.1) is 6.92 Å². The highest BCUT2D eigenvalue weighted by Gasteiger charge is 2.26. The van der Waals surface area contributed by atoms with E-state index < -0.39 is 18.8 Å². The van der Waals surface area contributed by atoms with E-state index in [9.17, 15) is 15.3 Å². The zero-order valence-corrected chi connectivity index (χ0v) is 15.2. The lowest BCUT2D eigenvalue weighted by Gasteiger charge is -2.13. The first kappa shape index (κ1) is 17.8. The van der Waals surface area contributed by atoms with E-state index in [0.29, 0.717) is 27.2 Å². The highest BCUT2D eigenvalue weighted by molar-refractivity contribution is 6.31. The van der Waals surface area contributed by atoms with Crippen LogP contribution in [0.3, 0.4) is 0 Å². The second-order valence-electron chi connectivity index (χ2n) is 6.36. The molecule has 138 valence electrons. The third-order valence-corrected chi connectivity index (χ3v) is 4.60. The number of aromatic nitrogens is 4. The summed E-state index contributed by atoms with van der Waals surface area (Å²) >= 11 is 6.05. The average molecular weight is 385 g/mol. The molecule has 4 aromatic rings. The smallest absolute Gasteiger partial charge is 0.182 e. The van der Waals surface area contributed by atoms with Gasteiger partial charge in [-0.3, -0.25) is 0 Å². The lowest BCUT2D eigenvalue weighted by Crippen LogP contribution is -2.22.